The maximum Gasteiger partial charge on any atom is 0.164 e. The Kier molecular flexibility index (Phi) is 16.9. The highest BCUT2D eigenvalue weighted by molar-refractivity contribution is 6.04. The topological polar surface area (TPSA) is 77.3 Å². The summed E-state index contributed by atoms with van der Waals surface area (Å²) in [4.78, 5) is 30.1. The monoisotopic (exact) mass is 1360 g/mol. The highest BCUT2D eigenvalue weighted by Crippen LogP contribution is 2.57. The summed E-state index contributed by atoms with van der Waals surface area (Å²) in [7, 11) is 0. The molecule has 0 aliphatic heterocycles. The van der Waals surface area contributed by atoms with Crippen molar-refractivity contribution in [1.29, 1.82) is 0 Å². The second-order valence-corrected chi connectivity index (χ2v) is 30.2. The average molecular weight is 1370 g/mol. The zero-order valence-electron chi connectivity index (χ0n) is 61.0. The molecule has 510 valence electrons. The van der Waals surface area contributed by atoms with Crippen LogP contribution in [-0.2, 0) is 21.7 Å². The minimum absolute atomic E-state index is 0.0960. The molecule has 2 aromatic heterocycles. The van der Waals surface area contributed by atoms with E-state index in [1.807, 2.05) is 97.1 Å². The van der Waals surface area contributed by atoms with Crippen molar-refractivity contribution in [2.75, 3.05) is 0 Å². The Morgan fingerprint density at radius 3 is 0.774 bits per heavy atom. The number of hydrogen-bond donors (Lipinski definition) is 0. The first-order valence-electron chi connectivity index (χ1n) is 36.7. The molecule has 0 radical (unpaired) electrons. The van der Waals surface area contributed by atoms with Gasteiger partial charge in [-0.25, -0.2) is 29.9 Å². The van der Waals surface area contributed by atoms with Gasteiger partial charge in [-0.05, 0) is 163 Å². The van der Waals surface area contributed by atoms with Gasteiger partial charge in [0, 0.05) is 33.4 Å². The van der Waals surface area contributed by atoms with Crippen molar-refractivity contribution in [3.05, 3.63) is 362 Å². The third-order valence-electron chi connectivity index (χ3n) is 23.2. The van der Waals surface area contributed by atoms with Crippen LogP contribution in [0.15, 0.2) is 340 Å². The van der Waals surface area contributed by atoms with Crippen LogP contribution in [0.3, 0.4) is 0 Å². The van der Waals surface area contributed by atoms with Gasteiger partial charge in [0.2, 0.25) is 0 Å². The van der Waals surface area contributed by atoms with Crippen LogP contribution in [-0.4, -0.2) is 29.9 Å². The van der Waals surface area contributed by atoms with Gasteiger partial charge in [0.25, 0.3) is 0 Å². The molecule has 0 fully saturated rings. The molecular weight excluding hydrogens is 1290 g/mol. The zero-order chi connectivity index (χ0) is 72.3. The minimum atomic E-state index is -0.122. The zero-order valence-corrected chi connectivity index (χ0v) is 61.0. The van der Waals surface area contributed by atoms with Crippen LogP contribution in [0.4, 0.5) is 0 Å². The van der Waals surface area contributed by atoms with E-state index in [0.29, 0.717) is 34.9 Å². The highest BCUT2D eigenvalue weighted by atomic mass is 15.0. The van der Waals surface area contributed by atoms with E-state index >= 15 is 0 Å². The van der Waals surface area contributed by atoms with E-state index in [-0.39, 0.29) is 21.7 Å². The molecule has 0 saturated heterocycles. The first kappa shape index (κ1) is 66.6. The molecule has 0 atom stereocenters. The molecule has 0 amide bonds. The molecule has 106 heavy (non-hydrogen) atoms. The maximum absolute atomic E-state index is 5.07. The Labute approximate surface area is 622 Å². The normalized spacial score (nSPS) is 14.0. The Morgan fingerprint density at radius 2 is 0.387 bits per heavy atom. The smallest absolute Gasteiger partial charge is 0.164 e. The van der Waals surface area contributed by atoms with E-state index in [2.05, 4.69) is 298 Å². The van der Waals surface area contributed by atoms with Gasteiger partial charge in [-0.1, -0.05) is 365 Å². The fraction of sp³-hybridized carbons (Fsp3) is 0.120. The Morgan fingerprint density at radius 1 is 0.151 bits per heavy atom. The summed E-state index contributed by atoms with van der Waals surface area (Å²) in [6.07, 6.45) is 0. The predicted molar refractivity (Wildman–Crippen MR) is 440 cm³/mol. The molecule has 0 spiro atoms. The van der Waals surface area contributed by atoms with Crippen molar-refractivity contribution in [1.82, 2.24) is 29.9 Å². The number of benzene rings is 14. The largest absolute Gasteiger partial charge is 0.208 e. The van der Waals surface area contributed by atoms with E-state index in [1.54, 1.807) is 0 Å². The van der Waals surface area contributed by atoms with E-state index in [0.717, 1.165) is 49.9 Å². The van der Waals surface area contributed by atoms with Crippen molar-refractivity contribution in [2.45, 2.75) is 77.0 Å². The van der Waals surface area contributed by atoms with Gasteiger partial charge in [0.05, 0.1) is 0 Å². The SMILES string of the molecule is CC1(C)c2cc(-c3ccccc3)ccc2-c2ccc(-c3cccc(-c4ccccc4-c4nc(-c5ccccc5)nc(-c5ccccc5)n4)c3)cc2C1(C)C.CC1(C)c2cc(-c3ccccc3)ccc2-c2ccc(-c3cccc4c(-c5nc(-c6ccccc6)nc(-c6ccccc6)n5)cccc34)cc2C1(C)C. The van der Waals surface area contributed by atoms with Crippen LogP contribution in [0.1, 0.15) is 77.6 Å². The van der Waals surface area contributed by atoms with E-state index < -0.39 is 0 Å². The summed E-state index contributed by atoms with van der Waals surface area (Å²) in [5.41, 5.74) is 28.2. The minimum Gasteiger partial charge on any atom is -0.208 e. The molecule has 6 nitrogen and oxygen atoms in total. The van der Waals surface area contributed by atoms with E-state index in [9.17, 15) is 0 Å². The van der Waals surface area contributed by atoms with Crippen LogP contribution >= 0.6 is 0 Å². The summed E-state index contributed by atoms with van der Waals surface area (Å²) in [6.45, 7) is 19.2. The number of aromatic nitrogens is 6. The van der Waals surface area contributed by atoms with Crippen molar-refractivity contribution < 1.29 is 0 Å². The van der Waals surface area contributed by atoms with Crippen molar-refractivity contribution in [3.63, 3.8) is 0 Å². The first-order chi connectivity index (χ1) is 51.6. The third-order valence-corrected chi connectivity index (χ3v) is 23.2. The van der Waals surface area contributed by atoms with Crippen LogP contribution in [0.5, 0.6) is 0 Å². The van der Waals surface area contributed by atoms with Gasteiger partial charge in [-0.15, -0.1) is 0 Å². The van der Waals surface area contributed by atoms with E-state index in [4.69, 9.17) is 29.9 Å². The molecule has 6 heteroatoms. The number of nitrogens with zero attached hydrogens (tertiary/aromatic N) is 6. The standard InChI is InChI=1S/C51H41N3.C49H39N3/c1-50(2)45-32-38(34-17-8-5-9-18-34)27-29-42(45)43-30-28-39(33-46(43)51(50,3)4)37-23-16-24-40(31-37)41-25-14-15-26-44(41)49-53-47(35-19-10-6-11-20-35)52-48(54-49)36-21-12-7-13-22-36;1-48(2)43-30-35(32-16-8-5-9-17-32)26-28-40(43)41-29-27-36(31-44(41)49(48,3)4)37-22-14-24-39-38(37)23-15-25-42(39)47-51-45(33-18-10-6-11-19-33)50-46(52-47)34-20-12-7-13-21-34/h5-33H,1-4H3;5-31H,1-4H3. The van der Waals surface area contributed by atoms with Gasteiger partial charge in [0.15, 0.2) is 34.9 Å². The van der Waals surface area contributed by atoms with E-state index in [1.165, 1.54) is 94.4 Å². The molecule has 18 rings (SSSR count). The van der Waals surface area contributed by atoms with Gasteiger partial charge in [0.1, 0.15) is 0 Å². The fourth-order valence-corrected chi connectivity index (χ4v) is 15.9. The molecule has 2 aliphatic rings. The molecule has 0 bridgehead atoms. The molecule has 0 saturated carbocycles. The Balaban J connectivity index is 0.000000156. The second-order valence-electron chi connectivity index (χ2n) is 30.2. The van der Waals surface area contributed by atoms with Crippen LogP contribution in [0.2, 0.25) is 0 Å². The number of rotatable bonds is 11. The lowest BCUT2D eigenvalue weighted by Gasteiger charge is -2.48. The molecule has 16 aromatic rings. The predicted octanol–water partition coefficient (Wildman–Crippen LogP) is 25.7. The lowest BCUT2D eigenvalue weighted by Crippen LogP contribution is -2.43. The molecule has 2 aliphatic carbocycles. The van der Waals surface area contributed by atoms with Crippen molar-refractivity contribution in [2.24, 2.45) is 0 Å². The molecule has 2 heterocycles. The molecular formula is C100H80N6. The Hall–Kier alpha value is -12.6. The van der Waals surface area contributed by atoms with Crippen LogP contribution < -0.4 is 0 Å². The van der Waals surface area contributed by atoms with Crippen molar-refractivity contribution in [3.8, 4) is 146 Å². The van der Waals surface area contributed by atoms with Crippen LogP contribution in [0.25, 0.3) is 157 Å². The summed E-state index contributed by atoms with van der Waals surface area (Å²) in [5.74, 6) is 3.94. The van der Waals surface area contributed by atoms with Gasteiger partial charge < -0.3 is 0 Å². The van der Waals surface area contributed by atoms with Gasteiger partial charge in [-0.2, -0.15) is 0 Å². The quantitative estimate of drug-likeness (QED) is 0.128. The van der Waals surface area contributed by atoms with Gasteiger partial charge >= 0.3 is 0 Å². The maximum atomic E-state index is 5.07. The first-order valence-corrected chi connectivity index (χ1v) is 36.7. The summed E-state index contributed by atoms with van der Waals surface area (Å²) in [5, 5.41) is 2.28. The third kappa shape index (κ3) is 11.9. The lowest BCUT2D eigenvalue weighted by atomic mass is 9.55. The average Bonchev–Trinajstić information content (AvgIpc) is 0.714. The Bertz CT molecular complexity index is 5870. The molecule has 0 unspecified atom stereocenters. The summed E-state index contributed by atoms with van der Waals surface area (Å²) < 4.78 is 0. The number of hydrogen-bond acceptors (Lipinski definition) is 6. The summed E-state index contributed by atoms with van der Waals surface area (Å²) in [6, 6.07) is 121. The fourth-order valence-electron chi connectivity index (χ4n) is 15.9. The highest BCUT2D eigenvalue weighted by Gasteiger charge is 2.47. The van der Waals surface area contributed by atoms with Gasteiger partial charge in [-0.3, -0.25) is 0 Å². The summed E-state index contributed by atoms with van der Waals surface area (Å²) >= 11 is 0. The molecule has 0 N–H and O–H groups in total. The van der Waals surface area contributed by atoms with Crippen LogP contribution in [0, 0.1) is 0 Å². The number of fused-ring (bicyclic) bond motifs is 7. The lowest BCUT2D eigenvalue weighted by molar-refractivity contribution is 0.299. The molecule has 14 aromatic carbocycles. The van der Waals surface area contributed by atoms with Crippen molar-refractivity contribution >= 4 is 10.8 Å². The second kappa shape index (κ2) is 26.9.